The molecule has 3 aromatic rings. The van der Waals surface area contributed by atoms with E-state index < -0.39 is 11.0 Å². The molecule has 1 heterocycles. The number of hydrogen-bond acceptors (Lipinski definition) is 6. The smallest absolute Gasteiger partial charge is 0.306 e. The highest BCUT2D eigenvalue weighted by Crippen LogP contribution is 2.29. The lowest BCUT2D eigenvalue weighted by molar-refractivity contribution is -0.384. The van der Waals surface area contributed by atoms with Crippen molar-refractivity contribution in [1.82, 2.24) is 9.55 Å². The lowest BCUT2D eigenvalue weighted by Gasteiger charge is -2.21. The number of carbonyl (C=O) groups is 1. The number of benzene rings is 2. The van der Waals surface area contributed by atoms with Gasteiger partial charge in [0.2, 0.25) is 0 Å². The lowest BCUT2D eigenvalue weighted by atomic mass is 9.93. The van der Waals surface area contributed by atoms with E-state index in [1.54, 1.807) is 12.1 Å². The van der Waals surface area contributed by atoms with Gasteiger partial charge in [-0.1, -0.05) is 31.2 Å². The molecule has 0 N–H and O–H groups in total. The molecule has 0 aliphatic heterocycles. The van der Waals surface area contributed by atoms with Gasteiger partial charge in [-0.15, -0.1) is 0 Å². The molecule has 2 aromatic carbocycles. The number of nitro groups is 1. The Morgan fingerprint density at radius 3 is 2.17 bits per heavy atom. The molecule has 1 aromatic heterocycles. The molecule has 2 atom stereocenters. The van der Waals surface area contributed by atoms with Gasteiger partial charge in [0.15, 0.2) is 0 Å². The van der Waals surface area contributed by atoms with Crippen molar-refractivity contribution in [1.29, 1.82) is 0 Å². The average Bonchev–Trinajstić information content (AvgIpc) is 2.76. The van der Waals surface area contributed by atoms with Crippen LogP contribution in [0.5, 0.6) is 0 Å². The normalized spacial score (nSPS) is 12.7. The average molecular weight is 407 g/mol. The van der Waals surface area contributed by atoms with Crippen LogP contribution in [0.25, 0.3) is 0 Å². The fraction of sp³-hybridized carbons (Fsp3) is 0.227. The largest absolute Gasteiger partial charge is 0.469 e. The predicted octanol–water partition coefficient (Wildman–Crippen LogP) is 3.46. The van der Waals surface area contributed by atoms with E-state index in [1.165, 1.54) is 42.4 Å². The molecule has 0 bridgehead atoms. The quantitative estimate of drug-likeness (QED) is 0.337. The molecule has 0 aliphatic carbocycles. The maximum absolute atomic E-state index is 12.5. The molecule has 8 heteroatoms. The number of methoxy groups -OCH3 is 1. The first-order chi connectivity index (χ1) is 14.4. The topological polar surface area (TPSA) is 104 Å². The third kappa shape index (κ3) is 4.60. The van der Waals surface area contributed by atoms with Crippen molar-refractivity contribution in [2.24, 2.45) is 0 Å². The van der Waals surface area contributed by atoms with E-state index in [1.807, 2.05) is 31.2 Å². The van der Waals surface area contributed by atoms with Gasteiger partial charge in [0.1, 0.15) is 0 Å². The van der Waals surface area contributed by atoms with Gasteiger partial charge in [0.25, 0.3) is 11.2 Å². The van der Waals surface area contributed by atoms with Crippen LogP contribution < -0.4 is 5.56 Å². The number of carbonyl (C=O) groups excluding carboxylic acids is 1. The van der Waals surface area contributed by atoms with Crippen LogP contribution >= 0.6 is 0 Å². The van der Waals surface area contributed by atoms with Crippen LogP contribution in [0, 0.1) is 10.1 Å². The number of aromatic nitrogens is 2. The molecule has 0 radical (unpaired) electrons. The molecule has 0 spiro atoms. The van der Waals surface area contributed by atoms with E-state index in [2.05, 4.69) is 4.98 Å². The fourth-order valence-corrected chi connectivity index (χ4v) is 3.30. The highest BCUT2D eigenvalue weighted by Gasteiger charge is 2.20. The van der Waals surface area contributed by atoms with Crippen molar-refractivity contribution >= 4 is 11.7 Å². The number of nitrogens with zero attached hydrogens (tertiary/aromatic N) is 3. The van der Waals surface area contributed by atoms with Crippen LogP contribution in [-0.4, -0.2) is 27.6 Å². The zero-order chi connectivity index (χ0) is 21.7. The van der Waals surface area contributed by atoms with Crippen LogP contribution in [0.3, 0.4) is 0 Å². The zero-order valence-corrected chi connectivity index (χ0v) is 16.6. The molecular weight excluding hydrogens is 386 g/mol. The van der Waals surface area contributed by atoms with E-state index in [4.69, 9.17) is 4.74 Å². The summed E-state index contributed by atoms with van der Waals surface area (Å²) in [5.41, 5.74) is 2.23. The summed E-state index contributed by atoms with van der Waals surface area (Å²) < 4.78 is 6.21. The minimum Gasteiger partial charge on any atom is -0.469 e. The third-order valence-electron chi connectivity index (χ3n) is 4.97. The molecule has 0 amide bonds. The van der Waals surface area contributed by atoms with Crippen molar-refractivity contribution in [2.45, 2.75) is 25.3 Å². The summed E-state index contributed by atoms with van der Waals surface area (Å²) in [6, 6.07) is 14.5. The van der Waals surface area contributed by atoms with Gasteiger partial charge >= 0.3 is 5.97 Å². The monoisotopic (exact) mass is 407 g/mol. The van der Waals surface area contributed by atoms with E-state index in [0.29, 0.717) is 5.56 Å². The molecule has 8 nitrogen and oxygen atoms in total. The predicted molar refractivity (Wildman–Crippen MR) is 110 cm³/mol. The standard InChI is InChI=1S/C22H21N3O5/c1-15(13-21(27)30-2)16-3-5-17(6-4-16)22(24-14-23-12-11-20(24)26)18-7-9-19(10-8-18)25(28)29/h3-12,14-15,22H,13H2,1-2H3/t15-,22?/m1/s1. The van der Waals surface area contributed by atoms with Crippen molar-refractivity contribution in [2.75, 3.05) is 7.11 Å². The second kappa shape index (κ2) is 9.13. The third-order valence-corrected chi connectivity index (χ3v) is 4.97. The Hall–Kier alpha value is -3.81. The fourth-order valence-electron chi connectivity index (χ4n) is 3.30. The molecule has 0 saturated carbocycles. The second-order valence-electron chi connectivity index (χ2n) is 6.92. The summed E-state index contributed by atoms with van der Waals surface area (Å²) in [6.07, 6.45) is 3.13. The minimum atomic E-state index is -0.503. The van der Waals surface area contributed by atoms with Crippen LogP contribution in [0.15, 0.2) is 71.9 Å². The minimum absolute atomic E-state index is 0.0227. The van der Waals surface area contributed by atoms with Crippen molar-refractivity contribution < 1.29 is 14.5 Å². The molecule has 0 saturated heterocycles. The van der Waals surface area contributed by atoms with E-state index in [9.17, 15) is 19.7 Å². The van der Waals surface area contributed by atoms with Gasteiger partial charge in [-0.2, -0.15) is 0 Å². The van der Waals surface area contributed by atoms with Gasteiger partial charge in [0, 0.05) is 24.4 Å². The summed E-state index contributed by atoms with van der Waals surface area (Å²) in [5.74, 6) is -0.303. The molecule has 1 unspecified atom stereocenters. The number of hydrogen-bond donors (Lipinski definition) is 0. The highest BCUT2D eigenvalue weighted by molar-refractivity contribution is 5.70. The van der Waals surface area contributed by atoms with E-state index in [-0.39, 0.29) is 29.6 Å². The molecule has 0 fully saturated rings. The summed E-state index contributed by atoms with van der Waals surface area (Å²) in [6.45, 7) is 1.94. The van der Waals surface area contributed by atoms with Crippen LogP contribution in [0.4, 0.5) is 5.69 Å². The first-order valence-corrected chi connectivity index (χ1v) is 9.34. The van der Waals surface area contributed by atoms with E-state index >= 15 is 0 Å². The molecule has 154 valence electrons. The Labute approximate surface area is 172 Å². The number of rotatable bonds is 7. The molecule has 30 heavy (non-hydrogen) atoms. The first kappa shape index (κ1) is 20.9. The highest BCUT2D eigenvalue weighted by atomic mass is 16.6. The molecule has 3 rings (SSSR count). The van der Waals surface area contributed by atoms with Crippen LogP contribution in [0.1, 0.15) is 42.0 Å². The van der Waals surface area contributed by atoms with Gasteiger partial charge in [-0.3, -0.25) is 24.3 Å². The summed E-state index contributed by atoms with van der Waals surface area (Å²) in [5, 5.41) is 11.0. The maximum atomic E-state index is 12.5. The van der Waals surface area contributed by atoms with Gasteiger partial charge < -0.3 is 4.74 Å². The Morgan fingerprint density at radius 1 is 1.07 bits per heavy atom. The Bertz CT molecular complexity index is 1090. The molecule has 0 aliphatic rings. The number of nitro benzene ring substituents is 1. The second-order valence-corrected chi connectivity index (χ2v) is 6.92. The SMILES string of the molecule is COC(=O)C[C@@H](C)c1ccc(C(c2ccc([N+](=O)[O-])cc2)n2cnccc2=O)cc1. The van der Waals surface area contributed by atoms with Gasteiger partial charge in [0.05, 0.1) is 30.8 Å². The van der Waals surface area contributed by atoms with Gasteiger partial charge in [-0.05, 0) is 34.7 Å². The van der Waals surface area contributed by atoms with Crippen molar-refractivity contribution in [3.8, 4) is 0 Å². The summed E-state index contributed by atoms with van der Waals surface area (Å²) in [7, 11) is 1.36. The Morgan fingerprint density at radius 2 is 1.63 bits per heavy atom. The maximum Gasteiger partial charge on any atom is 0.306 e. The lowest BCUT2D eigenvalue weighted by Crippen LogP contribution is -2.25. The summed E-state index contributed by atoms with van der Waals surface area (Å²) in [4.78, 5) is 38.6. The number of non-ortho nitro benzene ring substituents is 1. The van der Waals surface area contributed by atoms with Crippen molar-refractivity contribution in [3.63, 3.8) is 0 Å². The number of esters is 1. The molecular formula is C22H21N3O5. The van der Waals surface area contributed by atoms with Crippen LogP contribution in [-0.2, 0) is 9.53 Å². The summed E-state index contributed by atoms with van der Waals surface area (Å²) >= 11 is 0. The Kier molecular flexibility index (Phi) is 6.36. The van der Waals surface area contributed by atoms with Crippen LogP contribution in [0.2, 0.25) is 0 Å². The van der Waals surface area contributed by atoms with E-state index in [0.717, 1.165) is 11.1 Å². The van der Waals surface area contributed by atoms with Gasteiger partial charge in [-0.25, -0.2) is 4.98 Å². The first-order valence-electron chi connectivity index (χ1n) is 9.34. The number of ether oxygens (including phenoxy) is 1. The zero-order valence-electron chi connectivity index (χ0n) is 16.6. The Balaban J connectivity index is 2.00. The van der Waals surface area contributed by atoms with Crippen molar-refractivity contribution in [3.05, 3.63) is 104 Å².